The molecule has 0 aromatic heterocycles. The molecule has 1 saturated heterocycles. The number of hydrogen-bond acceptors (Lipinski definition) is 4. The van der Waals surface area contributed by atoms with Crippen molar-refractivity contribution in [2.75, 3.05) is 6.61 Å². The number of nitrogens with one attached hydrogen (secondary N) is 2. The van der Waals surface area contributed by atoms with Crippen LogP contribution in [-0.2, 0) is 9.47 Å². The van der Waals surface area contributed by atoms with E-state index in [0.717, 1.165) is 38.7 Å². The molecular weight excluding hydrogens is 280 g/mol. The van der Waals surface area contributed by atoms with Crippen LogP contribution in [-0.4, -0.2) is 29.4 Å². The molecule has 126 valence electrons. The summed E-state index contributed by atoms with van der Waals surface area (Å²) >= 11 is 0. The number of hydrogen-bond donors (Lipinski definition) is 2. The zero-order valence-corrected chi connectivity index (χ0v) is 14.2. The van der Waals surface area contributed by atoms with Crippen LogP contribution in [0.3, 0.4) is 0 Å². The zero-order chi connectivity index (χ0) is 16.3. The van der Waals surface area contributed by atoms with E-state index in [0.29, 0.717) is 0 Å². The Morgan fingerprint density at radius 1 is 1.32 bits per heavy atom. The summed E-state index contributed by atoms with van der Waals surface area (Å²) < 4.78 is 11.4. The summed E-state index contributed by atoms with van der Waals surface area (Å²) in [6.07, 6.45) is 8.71. The molecule has 0 radical (unpaired) electrons. The van der Waals surface area contributed by atoms with Crippen molar-refractivity contribution in [3.05, 3.63) is 12.7 Å². The molecule has 2 fully saturated rings. The quantitative estimate of drug-likeness (QED) is 0.617. The fourth-order valence-corrected chi connectivity index (χ4v) is 3.65. The lowest BCUT2D eigenvalue weighted by molar-refractivity contribution is -0.109. The van der Waals surface area contributed by atoms with Gasteiger partial charge in [-0.25, -0.2) is 10.2 Å². The third-order valence-electron chi connectivity index (χ3n) is 4.53. The molecule has 5 nitrogen and oxygen atoms in total. The second kappa shape index (κ2) is 6.59. The van der Waals surface area contributed by atoms with Gasteiger partial charge in [0.2, 0.25) is 0 Å². The highest BCUT2D eigenvalue weighted by molar-refractivity contribution is 5.67. The summed E-state index contributed by atoms with van der Waals surface area (Å²) in [6.45, 7) is 10.2. The molecule has 1 heterocycles. The van der Waals surface area contributed by atoms with Crippen LogP contribution in [0, 0.1) is 0 Å². The molecule has 0 aromatic carbocycles. The SMILES string of the molecule is C=CCC1(NNC(=O)OC(C)(C)C)CCOC2(CCCC2)C1. The van der Waals surface area contributed by atoms with E-state index in [4.69, 9.17) is 9.47 Å². The molecule has 1 saturated carbocycles. The maximum Gasteiger partial charge on any atom is 0.422 e. The number of ether oxygens (including phenoxy) is 2. The lowest BCUT2D eigenvalue weighted by Gasteiger charge is -2.46. The van der Waals surface area contributed by atoms with Crippen molar-refractivity contribution in [3.8, 4) is 0 Å². The molecule has 2 rings (SSSR count). The van der Waals surface area contributed by atoms with Crippen LogP contribution in [0.5, 0.6) is 0 Å². The predicted octanol–water partition coefficient (Wildman–Crippen LogP) is 3.45. The third kappa shape index (κ3) is 4.46. The first-order valence-electron chi connectivity index (χ1n) is 8.29. The van der Waals surface area contributed by atoms with Crippen molar-refractivity contribution in [3.63, 3.8) is 0 Å². The molecule has 2 N–H and O–H groups in total. The maximum atomic E-state index is 11.9. The van der Waals surface area contributed by atoms with Gasteiger partial charge in [-0.3, -0.25) is 5.43 Å². The molecule has 1 atom stereocenters. The summed E-state index contributed by atoms with van der Waals surface area (Å²) in [4.78, 5) is 11.9. The molecule has 1 amide bonds. The van der Waals surface area contributed by atoms with E-state index >= 15 is 0 Å². The summed E-state index contributed by atoms with van der Waals surface area (Å²) in [7, 11) is 0. The van der Waals surface area contributed by atoms with E-state index in [1.807, 2.05) is 26.8 Å². The van der Waals surface area contributed by atoms with Crippen molar-refractivity contribution in [1.82, 2.24) is 10.9 Å². The first-order chi connectivity index (χ1) is 10.3. The van der Waals surface area contributed by atoms with E-state index < -0.39 is 11.7 Å². The number of hydrazine groups is 1. The number of amides is 1. The Morgan fingerprint density at radius 2 is 2.00 bits per heavy atom. The molecule has 22 heavy (non-hydrogen) atoms. The number of rotatable bonds is 4. The first kappa shape index (κ1) is 17.3. The molecule has 1 aliphatic carbocycles. The average Bonchev–Trinajstić information content (AvgIpc) is 2.83. The van der Waals surface area contributed by atoms with Gasteiger partial charge in [-0.15, -0.1) is 6.58 Å². The average molecular weight is 310 g/mol. The highest BCUT2D eigenvalue weighted by atomic mass is 16.6. The van der Waals surface area contributed by atoms with Gasteiger partial charge in [0.1, 0.15) is 5.60 Å². The van der Waals surface area contributed by atoms with Crippen molar-refractivity contribution in [2.24, 2.45) is 0 Å². The van der Waals surface area contributed by atoms with E-state index in [2.05, 4.69) is 17.4 Å². The van der Waals surface area contributed by atoms with Crippen LogP contribution in [0.1, 0.15) is 65.7 Å². The summed E-state index contributed by atoms with van der Waals surface area (Å²) in [5, 5.41) is 0. The van der Waals surface area contributed by atoms with Crippen LogP contribution < -0.4 is 10.9 Å². The second-order valence-corrected chi connectivity index (χ2v) is 7.69. The summed E-state index contributed by atoms with van der Waals surface area (Å²) in [5.74, 6) is 0. The predicted molar refractivity (Wildman–Crippen MR) is 86.4 cm³/mol. The monoisotopic (exact) mass is 310 g/mol. The minimum Gasteiger partial charge on any atom is -0.443 e. The largest absolute Gasteiger partial charge is 0.443 e. The highest BCUT2D eigenvalue weighted by Crippen LogP contribution is 2.44. The normalized spacial score (nSPS) is 27.6. The standard InChI is InChI=1S/C17H30N2O3/c1-5-8-16(19-18-14(20)22-15(2,3)4)11-12-21-17(13-16)9-6-7-10-17/h5,19H,1,6-13H2,2-4H3,(H,18,20). The fraction of sp³-hybridized carbons (Fsp3) is 0.824. The minimum atomic E-state index is -0.500. The Labute approximate surface area is 133 Å². The Bertz CT molecular complexity index is 411. The van der Waals surface area contributed by atoms with Crippen molar-refractivity contribution in [1.29, 1.82) is 0 Å². The van der Waals surface area contributed by atoms with E-state index in [1.165, 1.54) is 12.8 Å². The Morgan fingerprint density at radius 3 is 2.59 bits per heavy atom. The van der Waals surface area contributed by atoms with E-state index in [9.17, 15) is 4.79 Å². The molecule has 2 aliphatic rings. The van der Waals surface area contributed by atoms with Gasteiger partial charge < -0.3 is 9.47 Å². The van der Waals surface area contributed by atoms with Gasteiger partial charge in [0.25, 0.3) is 0 Å². The number of carbonyl (C=O) groups is 1. The van der Waals surface area contributed by atoms with Crippen molar-refractivity contribution >= 4 is 6.09 Å². The molecule has 0 aromatic rings. The van der Waals surface area contributed by atoms with Crippen LogP contribution in [0.2, 0.25) is 0 Å². The lowest BCUT2D eigenvalue weighted by atomic mass is 9.77. The number of carbonyl (C=O) groups excluding carboxylic acids is 1. The topological polar surface area (TPSA) is 59.6 Å². The van der Waals surface area contributed by atoms with Crippen LogP contribution in [0.25, 0.3) is 0 Å². The third-order valence-corrected chi connectivity index (χ3v) is 4.53. The van der Waals surface area contributed by atoms with Crippen LogP contribution in [0.15, 0.2) is 12.7 Å². The Balaban J connectivity index is 1.99. The van der Waals surface area contributed by atoms with E-state index in [-0.39, 0.29) is 11.1 Å². The van der Waals surface area contributed by atoms with Gasteiger partial charge in [-0.05, 0) is 52.9 Å². The van der Waals surface area contributed by atoms with Gasteiger partial charge in [0.15, 0.2) is 0 Å². The highest BCUT2D eigenvalue weighted by Gasteiger charge is 2.46. The smallest absolute Gasteiger partial charge is 0.422 e. The molecular formula is C17H30N2O3. The first-order valence-corrected chi connectivity index (χ1v) is 8.29. The van der Waals surface area contributed by atoms with Crippen molar-refractivity contribution in [2.45, 2.75) is 82.5 Å². The second-order valence-electron chi connectivity index (χ2n) is 7.69. The summed E-state index contributed by atoms with van der Waals surface area (Å²) in [6, 6.07) is 0. The molecule has 1 aliphatic heterocycles. The van der Waals surface area contributed by atoms with Gasteiger partial charge >= 0.3 is 6.09 Å². The zero-order valence-electron chi connectivity index (χ0n) is 14.2. The van der Waals surface area contributed by atoms with Gasteiger partial charge in [-0.2, -0.15) is 0 Å². The van der Waals surface area contributed by atoms with Crippen LogP contribution >= 0.6 is 0 Å². The van der Waals surface area contributed by atoms with Gasteiger partial charge in [-0.1, -0.05) is 18.9 Å². The Hall–Kier alpha value is -1.07. The van der Waals surface area contributed by atoms with Crippen LogP contribution in [0.4, 0.5) is 4.79 Å². The minimum absolute atomic E-state index is 0.0239. The molecule has 0 bridgehead atoms. The van der Waals surface area contributed by atoms with E-state index in [1.54, 1.807) is 0 Å². The molecule has 1 spiro atoms. The maximum absolute atomic E-state index is 11.9. The summed E-state index contributed by atoms with van der Waals surface area (Å²) in [5.41, 5.74) is 5.24. The molecule has 5 heteroatoms. The van der Waals surface area contributed by atoms with Gasteiger partial charge in [0.05, 0.1) is 5.60 Å². The van der Waals surface area contributed by atoms with Crippen molar-refractivity contribution < 1.29 is 14.3 Å². The van der Waals surface area contributed by atoms with Gasteiger partial charge in [0, 0.05) is 12.1 Å². The fourth-order valence-electron chi connectivity index (χ4n) is 3.65. The molecule has 1 unspecified atom stereocenters. The Kier molecular flexibility index (Phi) is 5.17. The lowest BCUT2D eigenvalue weighted by Crippen LogP contribution is -2.61.